The van der Waals surface area contributed by atoms with Crippen molar-refractivity contribution in [1.82, 2.24) is 5.32 Å². The topological polar surface area (TPSA) is 21.3 Å². The van der Waals surface area contributed by atoms with E-state index in [0.717, 1.165) is 25.7 Å². The Balaban J connectivity index is 1.78. The van der Waals surface area contributed by atoms with Gasteiger partial charge in [0.1, 0.15) is 0 Å². The first-order chi connectivity index (χ1) is 9.44. The molecule has 1 aliphatic rings. The maximum atomic E-state index is 5.93. The highest BCUT2D eigenvalue weighted by Crippen LogP contribution is 2.26. The normalized spacial score (nSPS) is 17.0. The lowest BCUT2D eigenvalue weighted by molar-refractivity contribution is 0.0888. The van der Waals surface area contributed by atoms with Crippen molar-refractivity contribution in [2.75, 3.05) is 6.61 Å². The fourth-order valence-electron chi connectivity index (χ4n) is 2.68. The second-order valence-corrected chi connectivity index (χ2v) is 8.40. The molecule has 0 unspecified atom stereocenters. The van der Waals surface area contributed by atoms with Gasteiger partial charge in [-0.15, -0.1) is 11.3 Å². The first-order valence-electron chi connectivity index (χ1n) is 7.85. The van der Waals surface area contributed by atoms with Crippen LogP contribution in [0.5, 0.6) is 0 Å². The monoisotopic (exact) mass is 295 g/mol. The molecule has 1 N–H and O–H groups in total. The zero-order valence-electron chi connectivity index (χ0n) is 13.4. The van der Waals surface area contributed by atoms with Gasteiger partial charge in [0.2, 0.25) is 0 Å². The van der Waals surface area contributed by atoms with Crippen molar-refractivity contribution in [3.05, 3.63) is 21.4 Å². The number of rotatable bonds is 6. The van der Waals surface area contributed by atoms with Crippen LogP contribution in [0.1, 0.15) is 61.8 Å². The minimum absolute atomic E-state index is 0.178. The number of aryl methyl sites for hydroxylation is 1. The molecular weight excluding hydrogens is 266 g/mol. The van der Waals surface area contributed by atoms with Crippen LogP contribution in [0.25, 0.3) is 0 Å². The molecule has 3 heteroatoms. The quantitative estimate of drug-likeness (QED) is 0.824. The number of nitrogens with one attached hydrogen (secondary N) is 1. The smallest absolute Gasteiger partial charge is 0.0727 e. The molecule has 1 fully saturated rings. The van der Waals surface area contributed by atoms with Crippen LogP contribution in [0.2, 0.25) is 0 Å². The molecule has 1 heterocycles. The summed E-state index contributed by atoms with van der Waals surface area (Å²) in [6.07, 6.45) is 5.52. The van der Waals surface area contributed by atoms with Crippen LogP contribution < -0.4 is 5.32 Å². The van der Waals surface area contributed by atoms with Gasteiger partial charge in [0.25, 0.3) is 0 Å². The van der Waals surface area contributed by atoms with Crippen LogP contribution in [0.3, 0.4) is 0 Å². The van der Waals surface area contributed by atoms with E-state index in [1.54, 1.807) is 0 Å². The minimum atomic E-state index is 0.178. The largest absolute Gasteiger partial charge is 0.376 e. The lowest BCUT2D eigenvalue weighted by Crippen LogP contribution is -2.34. The summed E-state index contributed by atoms with van der Waals surface area (Å²) in [5, 5.41) is 3.55. The molecule has 0 amide bonds. The summed E-state index contributed by atoms with van der Waals surface area (Å²) < 4.78 is 5.93. The van der Waals surface area contributed by atoms with E-state index in [1.807, 2.05) is 11.3 Å². The molecule has 2 rings (SSSR count). The standard InChI is InChI=1S/C17H29NOS/c1-13-15(12-19-11-14-7-5-6-8-14)9-16(20-13)10-18-17(2,3)4/h9,14,18H,5-8,10-12H2,1-4H3. The van der Waals surface area contributed by atoms with Gasteiger partial charge in [-0.2, -0.15) is 0 Å². The highest BCUT2D eigenvalue weighted by molar-refractivity contribution is 7.12. The summed E-state index contributed by atoms with van der Waals surface area (Å²) in [5.41, 5.74) is 1.55. The van der Waals surface area contributed by atoms with E-state index >= 15 is 0 Å². The van der Waals surface area contributed by atoms with Crippen molar-refractivity contribution in [2.45, 2.75) is 72.1 Å². The highest BCUT2D eigenvalue weighted by atomic mass is 32.1. The van der Waals surface area contributed by atoms with Crippen LogP contribution in [-0.2, 0) is 17.9 Å². The van der Waals surface area contributed by atoms with Gasteiger partial charge in [-0.05, 0) is 58.1 Å². The third-order valence-corrected chi connectivity index (χ3v) is 5.04. The van der Waals surface area contributed by atoms with Gasteiger partial charge in [0.05, 0.1) is 6.61 Å². The molecule has 0 aliphatic heterocycles. The zero-order chi connectivity index (χ0) is 14.6. The summed E-state index contributed by atoms with van der Waals surface area (Å²) in [4.78, 5) is 2.82. The van der Waals surface area contributed by atoms with Gasteiger partial charge >= 0.3 is 0 Å². The molecule has 0 spiro atoms. The molecular formula is C17H29NOS. The van der Waals surface area contributed by atoms with E-state index < -0.39 is 0 Å². The molecule has 1 aromatic rings. The van der Waals surface area contributed by atoms with E-state index in [-0.39, 0.29) is 5.54 Å². The summed E-state index contributed by atoms with van der Waals surface area (Å²) >= 11 is 1.90. The second kappa shape index (κ2) is 7.06. The van der Waals surface area contributed by atoms with Crippen LogP contribution in [0.4, 0.5) is 0 Å². The third-order valence-electron chi connectivity index (χ3n) is 3.95. The lowest BCUT2D eigenvalue weighted by atomic mass is 10.1. The first kappa shape index (κ1) is 16.0. The summed E-state index contributed by atoms with van der Waals surface area (Å²) in [6, 6.07) is 2.31. The fraction of sp³-hybridized carbons (Fsp3) is 0.765. The van der Waals surface area contributed by atoms with E-state index in [2.05, 4.69) is 39.1 Å². The molecule has 1 aromatic heterocycles. The molecule has 1 aliphatic carbocycles. The first-order valence-corrected chi connectivity index (χ1v) is 8.66. The summed E-state index contributed by atoms with van der Waals surface area (Å²) in [7, 11) is 0. The SMILES string of the molecule is Cc1sc(CNC(C)(C)C)cc1COCC1CCCC1. The van der Waals surface area contributed by atoms with E-state index in [4.69, 9.17) is 4.74 Å². The maximum Gasteiger partial charge on any atom is 0.0727 e. The van der Waals surface area contributed by atoms with Crippen molar-refractivity contribution < 1.29 is 4.74 Å². The molecule has 0 saturated heterocycles. The van der Waals surface area contributed by atoms with Crippen LogP contribution in [-0.4, -0.2) is 12.1 Å². The Hall–Kier alpha value is -0.380. The Labute approximate surface area is 127 Å². The molecule has 20 heavy (non-hydrogen) atoms. The third kappa shape index (κ3) is 5.19. The summed E-state index contributed by atoms with van der Waals surface area (Å²) in [6.45, 7) is 11.5. The van der Waals surface area contributed by atoms with Gasteiger partial charge in [0.15, 0.2) is 0 Å². The van der Waals surface area contributed by atoms with E-state index in [0.29, 0.717) is 0 Å². The van der Waals surface area contributed by atoms with Crippen molar-refractivity contribution in [2.24, 2.45) is 5.92 Å². The molecule has 0 aromatic carbocycles. The summed E-state index contributed by atoms with van der Waals surface area (Å²) in [5.74, 6) is 0.816. The Morgan fingerprint density at radius 1 is 1.30 bits per heavy atom. The average Bonchev–Trinajstić information content (AvgIpc) is 2.97. The maximum absolute atomic E-state index is 5.93. The Morgan fingerprint density at radius 2 is 2.00 bits per heavy atom. The zero-order valence-corrected chi connectivity index (χ0v) is 14.2. The van der Waals surface area contributed by atoms with Gasteiger partial charge in [-0.3, -0.25) is 0 Å². The Kier molecular flexibility index (Phi) is 5.65. The molecule has 1 saturated carbocycles. The van der Waals surface area contributed by atoms with Crippen LogP contribution in [0.15, 0.2) is 6.07 Å². The molecule has 0 radical (unpaired) electrons. The molecule has 0 atom stereocenters. The number of hydrogen-bond donors (Lipinski definition) is 1. The van der Waals surface area contributed by atoms with Gasteiger partial charge in [0, 0.05) is 28.4 Å². The van der Waals surface area contributed by atoms with Crippen molar-refractivity contribution in [3.63, 3.8) is 0 Å². The van der Waals surface area contributed by atoms with Gasteiger partial charge < -0.3 is 10.1 Å². The van der Waals surface area contributed by atoms with E-state index in [9.17, 15) is 0 Å². The predicted molar refractivity (Wildman–Crippen MR) is 87.3 cm³/mol. The Bertz CT molecular complexity index is 413. The van der Waals surface area contributed by atoms with Gasteiger partial charge in [-0.25, -0.2) is 0 Å². The predicted octanol–water partition coefficient (Wildman–Crippen LogP) is 4.65. The average molecular weight is 295 g/mol. The number of thiophene rings is 1. The molecule has 0 bridgehead atoms. The van der Waals surface area contributed by atoms with Crippen molar-refractivity contribution >= 4 is 11.3 Å². The molecule has 114 valence electrons. The minimum Gasteiger partial charge on any atom is -0.376 e. The Morgan fingerprint density at radius 3 is 2.65 bits per heavy atom. The van der Waals surface area contributed by atoms with Gasteiger partial charge in [-0.1, -0.05) is 12.8 Å². The lowest BCUT2D eigenvalue weighted by Gasteiger charge is -2.19. The number of hydrogen-bond acceptors (Lipinski definition) is 3. The number of ether oxygens (including phenoxy) is 1. The second-order valence-electron chi connectivity index (χ2n) is 7.06. The van der Waals surface area contributed by atoms with E-state index in [1.165, 1.54) is 41.0 Å². The van der Waals surface area contributed by atoms with Crippen molar-refractivity contribution in [1.29, 1.82) is 0 Å². The van der Waals surface area contributed by atoms with Crippen LogP contribution >= 0.6 is 11.3 Å². The highest BCUT2D eigenvalue weighted by Gasteiger charge is 2.15. The van der Waals surface area contributed by atoms with Crippen molar-refractivity contribution in [3.8, 4) is 0 Å². The van der Waals surface area contributed by atoms with Crippen LogP contribution in [0, 0.1) is 12.8 Å². The molecule has 2 nitrogen and oxygen atoms in total. The fourth-order valence-corrected chi connectivity index (χ4v) is 3.67.